The van der Waals surface area contributed by atoms with Gasteiger partial charge in [-0.15, -0.1) is 0 Å². The van der Waals surface area contributed by atoms with Crippen LogP contribution in [-0.4, -0.2) is 58.8 Å². The summed E-state index contributed by atoms with van der Waals surface area (Å²) in [4.78, 5) is 32.5. The first-order chi connectivity index (χ1) is 15.4. The van der Waals surface area contributed by atoms with E-state index in [0.29, 0.717) is 32.6 Å². The monoisotopic (exact) mass is 558 g/mol. The van der Waals surface area contributed by atoms with Crippen LogP contribution in [0.15, 0.2) is 51.4 Å². The van der Waals surface area contributed by atoms with Gasteiger partial charge in [0.2, 0.25) is 11.8 Å². The average molecular weight is 560 g/mol. The van der Waals surface area contributed by atoms with Crippen molar-refractivity contribution < 1.29 is 9.59 Å². The first-order valence-corrected chi connectivity index (χ1v) is 12.3. The number of piperazine rings is 1. The van der Waals surface area contributed by atoms with Crippen molar-refractivity contribution >= 4 is 54.6 Å². The Hall–Kier alpha value is -2.16. The minimum atomic E-state index is -0.321. The molecule has 2 aliphatic rings. The summed E-state index contributed by atoms with van der Waals surface area (Å²) in [6, 6.07) is 14.0. The van der Waals surface area contributed by atoms with Gasteiger partial charge in [0.15, 0.2) is 0 Å². The smallest absolute Gasteiger partial charge is 0.240 e. The van der Waals surface area contributed by atoms with Crippen LogP contribution in [0.25, 0.3) is 10.9 Å². The summed E-state index contributed by atoms with van der Waals surface area (Å²) in [7, 11) is 0. The number of hydrogen-bond acceptors (Lipinski definition) is 3. The first-order valence-electron chi connectivity index (χ1n) is 10.8. The van der Waals surface area contributed by atoms with Crippen molar-refractivity contribution in [3.05, 3.63) is 68.2 Å². The number of benzene rings is 2. The molecule has 0 aliphatic carbocycles. The minimum absolute atomic E-state index is 0.0669. The molecular weight excluding hydrogens is 536 g/mol. The maximum Gasteiger partial charge on any atom is 0.240 e. The fourth-order valence-electron chi connectivity index (χ4n) is 4.79. The number of halogens is 2. The highest BCUT2D eigenvalue weighted by molar-refractivity contribution is 9.10. The van der Waals surface area contributed by atoms with Crippen molar-refractivity contribution in [3.63, 3.8) is 0 Å². The number of carbonyl (C=O) groups excluding carboxylic acids is 2. The Morgan fingerprint density at radius 2 is 1.59 bits per heavy atom. The molecule has 6 nitrogen and oxygen atoms in total. The molecule has 1 fully saturated rings. The molecule has 5 rings (SSSR count). The molecular formula is C24H24Br2N4O2. The predicted molar refractivity (Wildman–Crippen MR) is 131 cm³/mol. The zero-order chi connectivity index (χ0) is 22.4. The van der Waals surface area contributed by atoms with E-state index >= 15 is 0 Å². The van der Waals surface area contributed by atoms with Crippen LogP contribution in [-0.2, 0) is 16.0 Å². The number of H-pyrrole nitrogens is 1. The van der Waals surface area contributed by atoms with E-state index in [2.05, 4.69) is 66.4 Å². The zero-order valence-corrected chi connectivity index (χ0v) is 20.9. The summed E-state index contributed by atoms with van der Waals surface area (Å²) in [6.07, 6.45) is 0.630. The van der Waals surface area contributed by atoms with E-state index in [4.69, 9.17) is 0 Å². The molecule has 0 radical (unpaired) electrons. The predicted octanol–water partition coefficient (Wildman–Crippen LogP) is 3.99. The van der Waals surface area contributed by atoms with E-state index in [1.54, 1.807) is 11.8 Å². The number of nitrogens with one attached hydrogen (secondary N) is 2. The normalized spacial score (nSPS) is 21.0. The molecule has 3 heterocycles. The fraction of sp³-hybridized carbons (Fsp3) is 0.333. The summed E-state index contributed by atoms with van der Waals surface area (Å²) in [5.74, 6) is 0.169. The molecule has 0 saturated carbocycles. The topological polar surface area (TPSA) is 68.4 Å². The van der Waals surface area contributed by atoms with Crippen molar-refractivity contribution in [1.82, 2.24) is 20.1 Å². The number of aromatic nitrogens is 1. The van der Waals surface area contributed by atoms with Crippen LogP contribution in [0.5, 0.6) is 0 Å². The quantitative estimate of drug-likeness (QED) is 0.499. The lowest BCUT2D eigenvalue weighted by Gasteiger charge is -2.38. The standard InChI is InChI=1S/C24H24Br2N4O2/c1-14(31)29-8-10-30(11-9-29)24(32)21-13-19-18-12-17(26)6-7-20(18)27-23(19)22(28-21)15-2-4-16(25)5-3-15/h2-7,12,21-22,27-28H,8-11,13H2,1H3. The number of carbonyl (C=O) groups is 2. The van der Waals surface area contributed by atoms with Gasteiger partial charge < -0.3 is 14.8 Å². The van der Waals surface area contributed by atoms with Gasteiger partial charge in [-0.05, 0) is 47.9 Å². The van der Waals surface area contributed by atoms with Crippen LogP contribution in [0.1, 0.15) is 29.8 Å². The highest BCUT2D eigenvalue weighted by Crippen LogP contribution is 2.37. The number of aromatic amines is 1. The molecule has 32 heavy (non-hydrogen) atoms. The maximum atomic E-state index is 13.5. The van der Waals surface area contributed by atoms with Crippen LogP contribution in [0.4, 0.5) is 0 Å². The van der Waals surface area contributed by atoms with E-state index in [-0.39, 0.29) is 23.9 Å². The van der Waals surface area contributed by atoms with E-state index in [1.807, 2.05) is 23.1 Å². The third-order valence-electron chi connectivity index (χ3n) is 6.50. The SMILES string of the molecule is CC(=O)N1CCN(C(=O)C2Cc3c([nH]c4ccc(Br)cc34)C(c3ccc(Br)cc3)N2)CC1. The summed E-state index contributed by atoms with van der Waals surface area (Å²) in [5.41, 5.74) is 4.49. The Balaban J connectivity index is 1.49. The first kappa shape index (κ1) is 21.7. The maximum absolute atomic E-state index is 13.5. The van der Waals surface area contributed by atoms with Gasteiger partial charge in [-0.1, -0.05) is 44.0 Å². The van der Waals surface area contributed by atoms with Crippen LogP contribution in [0, 0.1) is 0 Å². The number of amides is 2. The van der Waals surface area contributed by atoms with Gasteiger partial charge in [0.25, 0.3) is 0 Å². The van der Waals surface area contributed by atoms with E-state index in [1.165, 1.54) is 5.56 Å². The lowest BCUT2D eigenvalue weighted by molar-refractivity contribution is -0.140. The summed E-state index contributed by atoms with van der Waals surface area (Å²) >= 11 is 7.11. The third-order valence-corrected chi connectivity index (χ3v) is 7.53. The Kier molecular flexibility index (Phi) is 5.86. The molecule has 166 valence electrons. The average Bonchev–Trinajstić information content (AvgIpc) is 3.16. The summed E-state index contributed by atoms with van der Waals surface area (Å²) < 4.78 is 2.04. The Morgan fingerprint density at radius 3 is 2.28 bits per heavy atom. The Labute approximate surface area is 203 Å². The number of nitrogens with zero attached hydrogens (tertiary/aromatic N) is 2. The van der Waals surface area contributed by atoms with Crippen LogP contribution >= 0.6 is 31.9 Å². The molecule has 3 aromatic rings. The number of hydrogen-bond donors (Lipinski definition) is 2. The van der Waals surface area contributed by atoms with Crippen molar-refractivity contribution in [3.8, 4) is 0 Å². The number of rotatable bonds is 2. The van der Waals surface area contributed by atoms with Gasteiger partial charge in [0.05, 0.1) is 12.1 Å². The zero-order valence-electron chi connectivity index (χ0n) is 17.7. The van der Waals surface area contributed by atoms with Crippen LogP contribution < -0.4 is 5.32 Å². The molecule has 0 bridgehead atoms. The molecule has 1 saturated heterocycles. The second-order valence-electron chi connectivity index (χ2n) is 8.45. The molecule has 2 atom stereocenters. The lowest BCUT2D eigenvalue weighted by Crippen LogP contribution is -2.56. The molecule has 0 spiro atoms. The molecule has 2 aromatic carbocycles. The molecule has 2 aliphatic heterocycles. The second kappa shape index (κ2) is 8.65. The molecule has 2 amide bonds. The largest absolute Gasteiger partial charge is 0.357 e. The van der Waals surface area contributed by atoms with Gasteiger partial charge in [-0.3, -0.25) is 14.9 Å². The molecule has 1 aromatic heterocycles. The Morgan fingerprint density at radius 1 is 0.938 bits per heavy atom. The van der Waals surface area contributed by atoms with Crippen LogP contribution in [0.3, 0.4) is 0 Å². The van der Waals surface area contributed by atoms with Gasteiger partial charge in [0, 0.05) is 58.6 Å². The minimum Gasteiger partial charge on any atom is -0.357 e. The van der Waals surface area contributed by atoms with E-state index in [9.17, 15) is 9.59 Å². The number of fused-ring (bicyclic) bond motifs is 3. The van der Waals surface area contributed by atoms with Gasteiger partial charge >= 0.3 is 0 Å². The van der Waals surface area contributed by atoms with Crippen molar-refractivity contribution in [2.24, 2.45) is 0 Å². The third kappa shape index (κ3) is 4.00. The van der Waals surface area contributed by atoms with Gasteiger partial charge in [-0.2, -0.15) is 0 Å². The van der Waals surface area contributed by atoms with Crippen molar-refractivity contribution in [2.75, 3.05) is 26.2 Å². The highest BCUT2D eigenvalue weighted by atomic mass is 79.9. The van der Waals surface area contributed by atoms with E-state index < -0.39 is 0 Å². The molecule has 2 N–H and O–H groups in total. The van der Waals surface area contributed by atoms with Gasteiger partial charge in [-0.25, -0.2) is 0 Å². The molecule has 2 unspecified atom stereocenters. The second-order valence-corrected chi connectivity index (χ2v) is 10.3. The van der Waals surface area contributed by atoms with Gasteiger partial charge in [0.1, 0.15) is 0 Å². The van der Waals surface area contributed by atoms with Crippen LogP contribution in [0.2, 0.25) is 0 Å². The highest BCUT2D eigenvalue weighted by Gasteiger charge is 2.36. The van der Waals surface area contributed by atoms with E-state index in [0.717, 1.165) is 31.1 Å². The summed E-state index contributed by atoms with van der Waals surface area (Å²) in [6.45, 7) is 3.92. The van der Waals surface area contributed by atoms with Crippen molar-refractivity contribution in [1.29, 1.82) is 0 Å². The van der Waals surface area contributed by atoms with Crippen molar-refractivity contribution in [2.45, 2.75) is 25.4 Å². The molecule has 8 heteroatoms. The Bertz CT molecular complexity index is 1180. The fourth-order valence-corrected chi connectivity index (χ4v) is 5.42. The lowest BCUT2D eigenvalue weighted by atomic mass is 9.89. The summed E-state index contributed by atoms with van der Waals surface area (Å²) in [5, 5.41) is 4.77.